The summed E-state index contributed by atoms with van der Waals surface area (Å²) in [5, 5.41) is 3.48. The van der Waals surface area contributed by atoms with Crippen LogP contribution in [0.5, 0.6) is 0 Å². The molecule has 3 fully saturated rings. The van der Waals surface area contributed by atoms with Crippen molar-refractivity contribution in [3.8, 4) is 0 Å². The van der Waals surface area contributed by atoms with Gasteiger partial charge in [0.05, 0.1) is 18.8 Å². The lowest BCUT2D eigenvalue weighted by Gasteiger charge is -2.39. The van der Waals surface area contributed by atoms with Crippen molar-refractivity contribution in [3.05, 3.63) is 0 Å². The topological polar surface area (TPSA) is 44.8 Å². The third-order valence-corrected chi connectivity index (χ3v) is 5.78. The van der Waals surface area contributed by atoms with Crippen LogP contribution in [0.4, 0.5) is 0 Å². The monoisotopic (exact) mass is 381 g/mol. The molecule has 3 rings (SSSR count). The van der Waals surface area contributed by atoms with Crippen molar-refractivity contribution in [2.45, 2.75) is 44.6 Å². The number of piperidine rings is 1. The first-order chi connectivity index (χ1) is 10.7. The minimum absolute atomic E-state index is 0. The predicted octanol–water partition coefficient (Wildman–Crippen LogP) is 1.93. The van der Waals surface area contributed by atoms with Crippen molar-refractivity contribution >= 4 is 30.7 Å². The van der Waals surface area contributed by atoms with Gasteiger partial charge in [0.2, 0.25) is 5.91 Å². The Morgan fingerprint density at radius 3 is 2.38 bits per heavy atom. The maximum absolute atomic E-state index is 12.9. The highest BCUT2D eigenvalue weighted by molar-refractivity contribution is 5.87. The molecule has 3 aliphatic rings. The maximum atomic E-state index is 12.9. The number of likely N-dealkylation sites (tertiary alicyclic amines) is 1. The summed E-state index contributed by atoms with van der Waals surface area (Å²) in [4.78, 5) is 17.5. The molecule has 0 aromatic heterocycles. The van der Waals surface area contributed by atoms with E-state index in [0.29, 0.717) is 5.91 Å². The summed E-state index contributed by atoms with van der Waals surface area (Å²) in [5.74, 6) is 1.11. The molecular formula is C17H33Cl2N3O2. The minimum atomic E-state index is -0.253. The van der Waals surface area contributed by atoms with Gasteiger partial charge in [-0.05, 0) is 44.6 Å². The highest BCUT2D eigenvalue weighted by atomic mass is 35.5. The van der Waals surface area contributed by atoms with E-state index in [9.17, 15) is 4.79 Å². The molecule has 0 bridgehead atoms. The number of halogens is 2. The highest BCUT2D eigenvalue weighted by Gasteiger charge is 2.42. The van der Waals surface area contributed by atoms with Crippen LogP contribution in [0.1, 0.15) is 39.0 Å². The number of hydrogen-bond donors (Lipinski definition) is 1. The molecule has 3 aliphatic heterocycles. The zero-order chi connectivity index (χ0) is 15.4. The molecule has 24 heavy (non-hydrogen) atoms. The lowest BCUT2D eigenvalue weighted by Crippen LogP contribution is -2.56. The fourth-order valence-corrected chi connectivity index (χ4v) is 4.21. The largest absolute Gasteiger partial charge is 0.379 e. The zero-order valence-electron chi connectivity index (χ0n) is 14.8. The second-order valence-corrected chi connectivity index (χ2v) is 7.11. The van der Waals surface area contributed by atoms with E-state index in [4.69, 9.17) is 4.74 Å². The van der Waals surface area contributed by atoms with Crippen LogP contribution in [0.25, 0.3) is 0 Å². The van der Waals surface area contributed by atoms with Crippen LogP contribution in [-0.4, -0.2) is 73.7 Å². The van der Waals surface area contributed by atoms with Gasteiger partial charge in [0, 0.05) is 32.7 Å². The summed E-state index contributed by atoms with van der Waals surface area (Å²) in [6, 6.07) is 0. The molecule has 0 radical (unpaired) electrons. The summed E-state index contributed by atoms with van der Waals surface area (Å²) in [5.41, 5.74) is -0.253. The number of carbonyl (C=O) groups excluding carboxylic acids is 1. The Morgan fingerprint density at radius 2 is 1.83 bits per heavy atom. The van der Waals surface area contributed by atoms with Gasteiger partial charge in [-0.15, -0.1) is 24.8 Å². The molecule has 1 N–H and O–H groups in total. The van der Waals surface area contributed by atoms with Crippen LogP contribution >= 0.6 is 24.8 Å². The van der Waals surface area contributed by atoms with Crippen molar-refractivity contribution in [3.63, 3.8) is 0 Å². The van der Waals surface area contributed by atoms with E-state index in [0.717, 1.165) is 84.0 Å². The fraction of sp³-hybridized carbons (Fsp3) is 0.941. The van der Waals surface area contributed by atoms with E-state index in [1.54, 1.807) is 0 Å². The van der Waals surface area contributed by atoms with Crippen LogP contribution in [0.2, 0.25) is 0 Å². The minimum Gasteiger partial charge on any atom is -0.379 e. The molecule has 1 amide bonds. The first kappa shape index (κ1) is 22.0. The van der Waals surface area contributed by atoms with Crippen molar-refractivity contribution < 1.29 is 9.53 Å². The number of ether oxygens (including phenoxy) is 1. The predicted molar refractivity (Wildman–Crippen MR) is 101 cm³/mol. The molecule has 0 saturated carbocycles. The van der Waals surface area contributed by atoms with Crippen molar-refractivity contribution in [1.29, 1.82) is 0 Å². The van der Waals surface area contributed by atoms with Gasteiger partial charge in [0.1, 0.15) is 0 Å². The average Bonchev–Trinajstić information content (AvgIpc) is 3.06. The van der Waals surface area contributed by atoms with Gasteiger partial charge in [0.25, 0.3) is 0 Å². The molecule has 3 heterocycles. The van der Waals surface area contributed by atoms with Crippen LogP contribution in [0.3, 0.4) is 0 Å². The van der Waals surface area contributed by atoms with Crippen molar-refractivity contribution in [2.24, 2.45) is 5.92 Å². The number of hydrogen-bond acceptors (Lipinski definition) is 4. The van der Waals surface area contributed by atoms with E-state index in [2.05, 4.69) is 22.0 Å². The molecule has 0 aromatic carbocycles. The van der Waals surface area contributed by atoms with Gasteiger partial charge >= 0.3 is 0 Å². The third-order valence-electron chi connectivity index (χ3n) is 5.78. The molecule has 0 aliphatic carbocycles. The van der Waals surface area contributed by atoms with Crippen LogP contribution in [0.15, 0.2) is 0 Å². The molecule has 1 atom stereocenters. The molecule has 0 spiro atoms. The first-order valence-corrected chi connectivity index (χ1v) is 9.08. The Morgan fingerprint density at radius 1 is 1.17 bits per heavy atom. The SMILES string of the molecule is CCC1(C(=O)N2CCC(CN3CCOCC3)CC2)CCCN1.Cl.Cl. The number of nitrogens with zero attached hydrogens (tertiary/aromatic N) is 2. The Labute approximate surface area is 158 Å². The molecule has 3 saturated heterocycles. The third kappa shape index (κ3) is 4.98. The van der Waals surface area contributed by atoms with E-state index in [1.165, 1.54) is 6.54 Å². The molecule has 1 unspecified atom stereocenters. The second-order valence-electron chi connectivity index (χ2n) is 7.11. The number of amides is 1. The lowest BCUT2D eigenvalue weighted by molar-refractivity contribution is -0.139. The number of nitrogens with one attached hydrogen (secondary N) is 1. The number of rotatable bonds is 4. The van der Waals surface area contributed by atoms with E-state index in [-0.39, 0.29) is 30.4 Å². The Bertz CT molecular complexity index is 378. The first-order valence-electron chi connectivity index (χ1n) is 9.08. The van der Waals surface area contributed by atoms with Crippen molar-refractivity contribution in [1.82, 2.24) is 15.1 Å². The molecular weight excluding hydrogens is 349 g/mol. The fourth-order valence-electron chi connectivity index (χ4n) is 4.21. The van der Waals surface area contributed by atoms with Gasteiger partial charge in [0.15, 0.2) is 0 Å². The smallest absolute Gasteiger partial charge is 0.242 e. The Kier molecular flexibility index (Phi) is 9.31. The normalized spacial score (nSPS) is 29.0. The summed E-state index contributed by atoms with van der Waals surface area (Å²) in [7, 11) is 0. The number of carbonyl (C=O) groups is 1. The van der Waals surface area contributed by atoms with Crippen LogP contribution < -0.4 is 5.32 Å². The van der Waals surface area contributed by atoms with E-state index < -0.39 is 0 Å². The van der Waals surface area contributed by atoms with Gasteiger partial charge in [-0.2, -0.15) is 0 Å². The van der Waals surface area contributed by atoms with Gasteiger partial charge in [-0.1, -0.05) is 6.92 Å². The highest BCUT2D eigenvalue weighted by Crippen LogP contribution is 2.28. The summed E-state index contributed by atoms with van der Waals surface area (Å²) >= 11 is 0. The second kappa shape index (κ2) is 10.2. The van der Waals surface area contributed by atoms with E-state index >= 15 is 0 Å². The van der Waals surface area contributed by atoms with Gasteiger partial charge in [-0.3, -0.25) is 9.69 Å². The molecule has 0 aromatic rings. The van der Waals surface area contributed by atoms with E-state index in [1.807, 2.05) is 0 Å². The molecule has 7 heteroatoms. The standard InChI is InChI=1S/C17H31N3O2.2ClH/c1-2-17(6-3-7-18-17)16(21)20-8-4-15(5-9-20)14-19-10-12-22-13-11-19;;/h15,18H,2-14H2,1H3;2*1H. The Balaban J connectivity index is 0.00000144. The van der Waals surface area contributed by atoms with Gasteiger partial charge < -0.3 is 15.0 Å². The summed E-state index contributed by atoms with van der Waals surface area (Å²) < 4.78 is 5.42. The Hall–Kier alpha value is -0.0700. The zero-order valence-corrected chi connectivity index (χ0v) is 16.4. The molecule has 5 nitrogen and oxygen atoms in total. The lowest BCUT2D eigenvalue weighted by atomic mass is 9.89. The average molecular weight is 382 g/mol. The van der Waals surface area contributed by atoms with Gasteiger partial charge in [-0.25, -0.2) is 0 Å². The summed E-state index contributed by atoms with van der Waals surface area (Å²) in [6.45, 7) is 10.1. The number of morpholine rings is 1. The maximum Gasteiger partial charge on any atom is 0.242 e. The van der Waals surface area contributed by atoms with Crippen LogP contribution in [-0.2, 0) is 9.53 Å². The summed E-state index contributed by atoms with van der Waals surface area (Å²) in [6.07, 6.45) is 5.37. The quantitative estimate of drug-likeness (QED) is 0.807. The molecule has 142 valence electrons. The van der Waals surface area contributed by atoms with Crippen LogP contribution in [0, 0.1) is 5.92 Å². The van der Waals surface area contributed by atoms with Crippen molar-refractivity contribution in [2.75, 3.05) is 52.5 Å².